The van der Waals surface area contributed by atoms with Gasteiger partial charge in [0.1, 0.15) is 18.2 Å². The molecule has 0 bridgehead atoms. The number of rotatable bonds is 4. The Balaban J connectivity index is 2.22. The number of H-pyrrole nitrogens is 1. The first-order valence-electron chi connectivity index (χ1n) is 5.24. The summed E-state index contributed by atoms with van der Waals surface area (Å²) in [4.78, 5) is 7.35. The van der Waals surface area contributed by atoms with Crippen LogP contribution < -0.4 is 10.5 Å². The van der Waals surface area contributed by atoms with Gasteiger partial charge in [0, 0.05) is 12.1 Å². The van der Waals surface area contributed by atoms with E-state index in [0.29, 0.717) is 13.2 Å². The molecule has 3 N–H and O–H groups in total. The Kier molecular flexibility index (Phi) is 3.22. The fourth-order valence-electron chi connectivity index (χ4n) is 1.50. The van der Waals surface area contributed by atoms with Crippen molar-refractivity contribution in [2.45, 2.75) is 6.92 Å². The Labute approximate surface area is 94.5 Å². The lowest BCUT2D eigenvalue weighted by Crippen LogP contribution is -2.10. The maximum Gasteiger partial charge on any atom is 0.120 e. The van der Waals surface area contributed by atoms with Gasteiger partial charge < -0.3 is 15.5 Å². The topological polar surface area (TPSA) is 63.9 Å². The van der Waals surface area contributed by atoms with Crippen molar-refractivity contribution in [3.8, 4) is 17.0 Å². The van der Waals surface area contributed by atoms with Crippen LogP contribution in [0.3, 0.4) is 0 Å². The summed E-state index contributed by atoms with van der Waals surface area (Å²) in [6.07, 6.45) is 1.82. The van der Waals surface area contributed by atoms with Crippen molar-refractivity contribution in [2.24, 2.45) is 5.73 Å². The van der Waals surface area contributed by atoms with Gasteiger partial charge in [0.15, 0.2) is 0 Å². The summed E-state index contributed by atoms with van der Waals surface area (Å²) in [5.41, 5.74) is 7.45. The number of aromatic nitrogens is 2. The van der Waals surface area contributed by atoms with Crippen molar-refractivity contribution in [2.75, 3.05) is 13.2 Å². The monoisotopic (exact) mass is 217 g/mol. The van der Waals surface area contributed by atoms with E-state index in [-0.39, 0.29) is 0 Å². The fraction of sp³-hybridized carbons (Fsp3) is 0.250. The van der Waals surface area contributed by atoms with Crippen LogP contribution in [0, 0.1) is 6.92 Å². The number of aryl methyl sites for hydroxylation is 1. The average Bonchev–Trinajstić information content (AvgIpc) is 2.74. The molecule has 0 radical (unpaired) electrons. The smallest absolute Gasteiger partial charge is 0.120 e. The van der Waals surface area contributed by atoms with Crippen LogP contribution in [0.1, 0.15) is 5.82 Å². The second kappa shape index (κ2) is 4.81. The molecule has 4 heteroatoms. The van der Waals surface area contributed by atoms with Gasteiger partial charge in [-0.25, -0.2) is 4.98 Å². The van der Waals surface area contributed by atoms with Gasteiger partial charge in [-0.2, -0.15) is 0 Å². The molecule has 16 heavy (non-hydrogen) atoms. The summed E-state index contributed by atoms with van der Waals surface area (Å²) < 4.78 is 5.46. The van der Waals surface area contributed by atoms with Crippen molar-refractivity contribution >= 4 is 0 Å². The van der Waals surface area contributed by atoms with Crippen molar-refractivity contribution in [3.05, 3.63) is 36.3 Å². The van der Waals surface area contributed by atoms with Crippen LogP contribution in [0.5, 0.6) is 5.75 Å². The zero-order valence-corrected chi connectivity index (χ0v) is 9.23. The van der Waals surface area contributed by atoms with Crippen LogP contribution in [0.15, 0.2) is 30.5 Å². The first-order valence-corrected chi connectivity index (χ1v) is 5.24. The van der Waals surface area contributed by atoms with Crippen molar-refractivity contribution in [1.82, 2.24) is 9.97 Å². The van der Waals surface area contributed by atoms with Gasteiger partial charge in [0.25, 0.3) is 0 Å². The molecule has 1 aromatic carbocycles. The fourth-order valence-corrected chi connectivity index (χ4v) is 1.50. The first kappa shape index (κ1) is 10.7. The van der Waals surface area contributed by atoms with E-state index >= 15 is 0 Å². The standard InChI is InChI=1S/C12H15N3O/c1-9-14-8-12(15-9)10-3-2-4-11(7-10)16-6-5-13/h2-4,7-8H,5-6,13H2,1H3,(H,14,15). The molecule has 0 aliphatic carbocycles. The van der Waals surface area contributed by atoms with Gasteiger partial charge in [0.2, 0.25) is 0 Å². The molecule has 0 unspecified atom stereocenters. The number of nitrogens with one attached hydrogen (secondary N) is 1. The number of imidazole rings is 1. The Morgan fingerprint density at radius 1 is 1.44 bits per heavy atom. The summed E-state index contributed by atoms with van der Waals surface area (Å²) in [6, 6.07) is 7.87. The highest BCUT2D eigenvalue weighted by atomic mass is 16.5. The third-order valence-electron chi connectivity index (χ3n) is 2.23. The third kappa shape index (κ3) is 2.41. The van der Waals surface area contributed by atoms with Gasteiger partial charge in [-0.3, -0.25) is 0 Å². The molecule has 1 heterocycles. The van der Waals surface area contributed by atoms with E-state index in [1.807, 2.05) is 37.4 Å². The Morgan fingerprint density at radius 2 is 2.31 bits per heavy atom. The van der Waals surface area contributed by atoms with E-state index in [1.165, 1.54) is 0 Å². The molecule has 1 aromatic heterocycles. The Morgan fingerprint density at radius 3 is 3.00 bits per heavy atom. The minimum atomic E-state index is 0.521. The third-order valence-corrected chi connectivity index (χ3v) is 2.23. The minimum absolute atomic E-state index is 0.521. The maximum absolute atomic E-state index is 5.46. The van der Waals surface area contributed by atoms with Crippen molar-refractivity contribution in [3.63, 3.8) is 0 Å². The number of benzene rings is 1. The van der Waals surface area contributed by atoms with Crippen LogP contribution in [-0.2, 0) is 0 Å². The van der Waals surface area contributed by atoms with Crippen LogP contribution in [0.25, 0.3) is 11.3 Å². The molecule has 0 saturated heterocycles. The quantitative estimate of drug-likeness (QED) is 0.819. The summed E-state index contributed by atoms with van der Waals surface area (Å²) >= 11 is 0. The normalized spacial score (nSPS) is 10.4. The van der Waals surface area contributed by atoms with E-state index in [9.17, 15) is 0 Å². The summed E-state index contributed by atoms with van der Waals surface area (Å²) in [7, 11) is 0. The molecule has 0 atom stereocenters. The molecule has 0 spiro atoms. The minimum Gasteiger partial charge on any atom is -0.492 e. The predicted octanol–water partition coefficient (Wildman–Crippen LogP) is 1.72. The maximum atomic E-state index is 5.46. The molecular formula is C12H15N3O. The highest BCUT2D eigenvalue weighted by Crippen LogP contribution is 2.22. The molecule has 0 aliphatic rings. The zero-order chi connectivity index (χ0) is 11.4. The number of nitrogens with zero attached hydrogens (tertiary/aromatic N) is 1. The second-order valence-electron chi connectivity index (χ2n) is 3.55. The second-order valence-corrected chi connectivity index (χ2v) is 3.55. The number of hydrogen-bond donors (Lipinski definition) is 2. The molecule has 0 saturated carbocycles. The molecule has 0 aliphatic heterocycles. The largest absolute Gasteiger partial charge is 0.492 e. The molecule has 84 valence electrons. The molecule has 2 aromatic rings. The average molecular weight is 217 g/mol. The lowest BCUT2D eigenvalue weighted by Gasteiger charge is -2.05. The van der Waals surface area contributed by atoms with E-state index < -0.39 is 0 Å². The molecule has 4 nitrogen and oxygen atoms in total. The molecule has 2 rings (SSSR count). The first-order chi connectivity index (χ1) is 7.79. The van der Waals surface area contributed by atoms with E-state index in [2.05, 4.69) is 9.97 Å². The number of nitrogens with two attached hydrogens (primary N) is 1. The lowest BCUT2D eigenvalue weighted by atomic mass is 10.1. The highest BCUT2D eigenvalue weighted by Gasteiger charge is 2.02. The predicted molar refractivity (Wildman–Crippen MR) is 63.3 cm³/mol. The zero-order valence-electron chi connectivity index (χ0n) is 9.23. The van der Waals surface area contributed by atoms with Crippen LogP contribution in [-0.4, -0.2) is 23.1 Å². The number of aromatic amines is 1. The number of ether oxygens (including phenoxy) is 1. The van der Waals surface area contributed by atoms with Gasteiger partial charge >= 0.3 is 0 Å². The van der Waals surface area contributed by atoms with Crippen LogP contribution >= 0.6 is 0 Å². The van der Waals surface area contributed by atoms with Gasteiger partial charge in [-0.05, 0) is 19.1 Å². The molecule has 0 fully saturated rings. The summed E-state index contributed by atoms with van der Waals surface area (Å²) in [6.45, 7) is 2.98. The van der Waals surface area contributed by atoms with Gasteiger partial charge in [-0.15, -0.1) is 0 Å². The van der Waals surface area contributed by atoms with Gasteiger partial charge in [-0.1, -0.05) is 12.1 Å². The van der Waals surface area contributed by atoms with Gasteiger partial charge in [0.05, 0.1) is 11.9 Å². The van der Waals surface area contributed by atoms with E-state index in [4.69, 9.17) is 10.5 Å². The summed E-state index contributed by atoms with van der Waals surface area (Å²) in [5, 5.41) is 0. The molecular weight excluding hydrogens is 202 g/mol. The van der Waals surface area contributed by atoms with Crippen LogP contribution in [0.4, 0.5) is 0 Å². The Hall–Kier alpha value is -1.81. The number of hydrogen-bond acceptors (Lipinski definition) is 3. The Bertz CT molecular complexity index is 465. The SMILES string of the molecule is Cc1ncc(-c2cccc(OCCN)c2)[nH]1. The van der Waals surface area contributed by atoms with E-state index in [0.717, 1.165) is 22.8 Å². The van der Waals surface area contributed by atoms with Crippen LogP contribution in [0.2, 0.25) is 0 Å². The molecule has 0 amide bonds. The van der Waals surface area contributed by atoms with Crippen molar-refractivity contribution in [1.29, 1.82) is 0 Å². The van der Waals surface area contributed by atoms with Crippen molar-refractivity contribution < 1.29 is 4.74 Å². The van der Waals surface area contributed by atoms with E-state index in [1.54, 1.807) is 0 Å². The lowest BCUT2D eigenvalue weighted by molar-refractivity contribution is 0.328. The summed E-state index contributed by atoms with van der Waals surface area (Å²) in [5.74, 6) is 1.73. The highest BCUT2D eigenvalue weighted by molar-refractivity contribution is 5.60.